The third-order valence-corrected chi connectivity index (χ3v) is 20.5. The predicted molar refractivity (Wildman–Crippen MR) is 429 cm³/mol. The van der Waals surface area contributed by atoms with Crippen LogP contribution < -0.4 is 66.1 Å². The average Bonchev–Trinajstić information content (AvgIpc) is 0.946. The Balaban J connectivity index is 5.11. The van der Waals surface area contributed by atoms with Crippen molar-refractivity contribution in [3.63, 3.8) is 0 Å². The van der Waals surface area contributed by atoms with Crippen molar-refractivity contribution in [3.8, 4) is 0 Å². The second kappa shape index (κ2) is 81.8. The molecule has 0 bridgehead atoms. The molecule has 0 aliphatic carbocycles. The summed E-state index contributed by atoms with van der Waals surface area (Å²) in [6.07, 6.45) is 24.6. The number of unbranched alkanes of at least 4 members (excludes halogenated alkanes) is 20. The van der Waals surface area contributed by atoms with Crippen LogP contribution in [-0.2, 0) is 76.7 Å². The molecule has 108 heavy (non-hydrogen) atoms. The van der Waals surface area contributed by atoms with Crippen LogP contribution in [0.2, 0.25) is 0 Å². The normalized spacial score (nSPS) is 11.0. The van der Waals surface area contributed by atoms with E-state index in [0.717, 1.165) is 177 Å². The van der Waals surface area contributed by atoms with Crippen molar-refractivity contribution in [2.75, 3.05) is 191 Å². The number of nitrogens with two attached hydrogens (primary N) is 4. The van der Waals surface area contributed by atoms with Gasteiger partial charge in [-0.2, -0.15) is 47.0 Å². The van der Waals surface area contributed by atoms with E-state index in [0.29, 0.717) is 101 Å². The van der Waals surface area contributed by atoms with Crippen molar-refractivity contribution in [1.29, 1.82) is 0 Å². The standard InChI is InChI=1S/C72H140N14O18S4/c73-101-45-21-1-5-25-55-105-59-67(91)77-33-17-9-13-29-63(87)81-37-41-85(42-38-82-64(88)30-14-10-18-34-78-68(92)60-106-56-26-6-2-22-46-102-74)71(95)99-53-51-97-49-50-98-52-54-100-72(96)86(43-39-83-65(89)31-15-11-19-35-79-69(93)61-107-57-27-7-3-23-47-103-75)44-40-84-66(90)32-16-12-20-36-80-70(94)62-108-58-28-8-4-24-48-104-76/h1-62,73-76H2,(H,77,91)(H,78,92)(H,79,93)(H,80,94)(H,81,87)(H,82,88)(H,83,89)(H,84,90). The Morgan fingerprint density at radius 3 is 0.685 bits per heavy atom. The predicted octanol–water partition coefficient (Wildman–Crippen LogP) is 5.80. The van der Waals surface area contributed by atoms with E-state index in [-0.39, 0.29) is 165 Å². The molecule has 0 unspecified atom stereocenters. The molecular formula is C72H140N14O18S4. The molecule has 32 nitrogen and oxygen atoms in total. The zero-order chi connectivity index (χ0) is 78.9. The molecule has 0 spiro atoms. The van der Waals surface area contributed by atoms with Gasteiger partial charge in [-0.1, -0.05) is 77.0 Å². The van der Waals surface area contributed by atoms with Crippen LogP contribution in [0.25, 0.3) is 0 Å². The fourth-order valence-electron chi connectivity index (χ4n) is 10.2. The molecule has 36 heteroatoms. The Bertz CT molecular complexity index is 1970. The van der Waals surface area contributed by atoms with Crippen LogP contribution in [0.4, 0.5) is 9.59 Å². The van der Waals surface area contributed by atoms with Crippen molar-refractivity contribution in [2.45, 2.75) is 205 Å². The number of hydrogen-bond acceptors (Lipinski definition) is 26. The van der Waals surface area contributed by atoms with E-state index < -0.39 is 12.2 Å². The van der Waals surface area contributed by atoms with E-state index in [4.69, 9.17) is 42.5 Å². The van der Waals surface area contributed by atoms with Crippen molar-refractivity contribution in [3.05, 3.63) is 0 Å². The highest BCUT2D eigenvalue weighted by molar-refractivity contribution is 8.00. The van der Waals surface area contributed by atoms with Gasteiger partial charge in [-0.05, 0) is 126 Å². The summed E-state index contributed by atoms with van der Waals surface area (Å²) in [7, 11) is 0. The topological polar surface area (TPSA) is 451 Å². The molecule has 0 radical (unpaired) electrons. The second-order valence-corrected chi connectivity index (χ2v) is 30.2. The highest BCUT2D eigenvalue weighted by atomic mass is 32.2. The molecule has 0 rings (SSSR count). The number of ether oxygens (including phenoxy) is 4. The zero-order valence-electron chi connectivity index (χ0n) is 65.0. The first kappa shape index (κ1) is 103. The number of carbonyl (C=O) groups excluding carboxylic acids is 10. The fourth-order valence-corrected chi connectivity index (χ4v) is 13.6. The maximum atomic E-state index is 13.4. The van der Waals surface area contributed by atoms with E-state index in [1.54, 1.807) is 47.0 Å². The molecule has 0 heterocycles. The molecule has 10 amide bonds. The lowest BCUT2D eigenvalue weighted by atomic mass is 10.2. The van der Waals surface area contributed by atoms with Gasteiger partial charge in [-0.3, -0.25) is 38.4 Å². The first-order valence-corrected chi connectivity index (χ1v) is 44.1. The van der Waals surface area contributed by atoms with Crippen LogP contribution in [0.1, 0.15) is 205 Å². The van der Waals surface area contributed by atoms with Crippen LogP contribution in [0.15, 0.2) is 0 Å². The summed E-state index contributed by atoms with van der Waals surface area (Å²) < 4.78 is 22.3. The van der Waals surface area contributed by atoms with Crippen molar-refractivity contribution < 1.29 is 86.2 Å². The summed E-state index contributed by atoms with van der Waals surface area (Å²) in [5, 5.41) is 23.2. The summed E-state index contributed by atoms with van der Waals surface area (Å²) in [5.41, 5.74) is 0. The number of amides is 10. The van der Waals surface area contributed by atoms with Gasteiger partial charge in [0.15, 0.2) is 0 Å². The van der Waals surface area contributed by atoms with Crippen LogP contribution >= 0.6 is 47.0 Å². The van der Waals surface area contributed by atoms with Crippen molar-refractivity contribution >= 4 is 106 Å². The van der Waals surface area contributed by atoms with Crippen LogP contribution in [0, 0.1) is 0 Å². The van der Waals surface area contributed by atoms with Gasteiger partial charge in [0.05, 0.1) is 75.9 Å². The van der Waals surface area contributed by atoms with E-state index in [2.05, 4.69) is 61.9 Å². The van der Waals surface area contributed by atoms with Crippen molar-refractivity contribution in [1.82, 2.24) is 52.3 Å². The van der Waals surface area contributed by atoms with Crippen LogP contribution in [-0.4, -0.2) is 260 Å². The Hall–Kier alpha value is -4.70. The quantitative estimate of drug-likeness (QED) is 0.0253. The largest absolute Gasteiger partial charge is 0.447 e. The molecule has 0 atom stereocenters. The number of rotatable bonds is 81. The van der Waals surface area contributed by atoms with E-state index in [9.17, 15) is 47.9 Å². The minimum Gasteiger partial charge on any atom is -0.447 e. The number of nitrogens with zero attached hydrogens (tertiary/aromatic N) is 2. The maximum absolute atomic E-state index is 13.4. The summed E-state index contributed by atoms with van der Waals surface area (Å²) in [6.45, 7) is 5.61. The van der Waals surface area contributed by atoms with E-state index in [1.165, 1.54) is 9.80 Å². The van der Waals surface area contributed by atoms with Gasteiger partial charge in [-0.25, -0.2) is 33.2 Å². The van der Waals surface area contributed by atoms with Crippen molar-refractivity contribution in [2.24, 2.45) is 23.6 Å². The van der Waals surface area contributed by atoms with Gasteiger partial charge in [0.1, 0.15) is 13.2 Å². The van der Waals surface area contributed by atoms with Gasteiger partial charge in [0.25, 0.3) is 0 Å². The Morgan fingerprint density at radius 1 is 0.231 bits per heavy atom. The minimum absolute atomic E-state index is 0.00340. The molecule has 16 N–H and O–H groups in total. The summed E-state index contributed by atoms with van der Waals surface area (Å²) >= 11 is 6.45. The van der Waals surface area contributed by atoms with Gasteiger partial charge in [0, 0.05) is 104 Å². The summed E-state index contributed by atoms with van der Waals surface area (Å²) in [6, 6.07) is 0. The molecule has 0 aromatic rings. The molecule has 0 aliphatic rings. The maximum Gasteiger partial charge on any atom is 0.409 e. The Kier molecular flexibility index (Phi) is 78.2. The van der Waals surface area contributed by atoms with Gasteiger partial charge in [-0.15, -0.1) is 0 Å². The molecule has 0 saturated heterocycles. The number of thioether (sulfide) groups is 4. The third kappa shape index (κ3) is 75.3. The SMILES string of the molecule is NOCCCCCCSCC(=O)NCCCCCC(=O)NCCN(CCNC(=O)CCCCCNC(=O)CSCCCCCCON)C(=O)OCCOCCOCCOC(=O)N(CCNC(=O)CCCCCNC(=O)CSCCCCCCON)CCNC(=O)CCCCCNC(=O)CSCCCCCCON. The van der Waals surface area contributed by atoms with Gasteiger partial charge >= 0.3 is 12.2 Å². The highest BCUT2D eigenvalue weighted by Crippen LogP contribution is 2.13. The fraction of sp³-hybridized carbons (Fsp3) is 0.861. The van der Waals surface area contributed by atoms with E-state index in [1.807, 2.05) is 0 Å². The van der Waals surface area contributed by atoms with Crippen LogP contribution in [0.5, 0.6) is 0 Å². The first-order valence-electron chi connectivity index (χ1n) is 39.5. The first-order chi connectivity index (χ1) is 52.8. The Morgan fingerprint density at radius 2 is 0.444 bits per heavy atom. The van der Waals surface area contributed by atoms with E-state index >= 15 is 0 Å². The highest BCUT2D eigenvalue weighted by Gasteiger charge is 2.19. The van der Waals surface area contributed by atoms with Gasteiger partial charge in [0.2, 0.25) is 47.3 Å². The number of nitrogens with one attached hydrogen (secondary N) is 8. The van der Waals surface area contributed by atoms with Crippen LogP contribution in [0.3, 0.4) is 0 Å². The number of hydrogen-bond donors (Lipinski definition) is 12. The lowest BCUT2D eigenvalue weighted by Crippen LogP contribution is -2.43. The second-order valence-electron chi connectivity index (χ2n) is 25.8. The molecule has 0 aromatic carbocycles. The zero-order valence-corrected chi connectivity index (χ0v) is 68.3. The van der Waals surface area contributed by atoms with Gasteiger partial charge < -0.3 is 90.6 Å². The average molecular weight is 1620 g/mol. The molecular weight excluding hydrogens is 1480 g/mol. The third-order valence-electron chi connectivity index (χ3n) is 16.4. The molecule has 0 saturated carbocycles. The molecule has 0 aliphatic heterocycles. The summed E-state index contributed by atoms with van der Waals surface area (Å²) in [4.78, 5) is 148. The molecule has 0 aromatic heterocycles. The smallest absolute Gasteiger partial charge is 0.409 e. The lowest BCUT2D eigenvalue weighted by molar-refractivity contribution is -0.122. The number of carbonyl (C=O) groups is 10. The molecule has 630 valence electrons. The summed E-state index contributed by atoms with van der Waals surface area (Å²) in [5.74, 6) is 24.8. The Labute approximate surface area is 661 Å². The minimum atomic E-state index is -0.656. The lowest BCUT2D eigenvalue weighted by Gasteiger charge is -2.23. The molecule has 0 fully saturated rings. The monoisotopic (exact) mass is 1620 g/mol.